The Labute approximate surface area is 130 Å². The van der Waals surface area contributed by atoms with Gasteiger partial charge in [-0.1, -0.05) is 6.07 Å². The van der Waals surface area contributed by atoms with Gasteiger partial charge in [0, 0.05) is 12.6 Å². The highest BCUT2D eigenvalue weighted by Crippen LogP contribution is 2.34. The fraction of sp³-hybridized carbons (Fsp3) is 0.429. The first-order valence-electron chi connectivity index (χ1n) is 6.60. The Morgan fingerprint density at radius 3 is 2.35 bits per heavy atom. The third kappa shape index (κ3) is 4.11. The molecule has 9 heteroatoms. The molecule has 0 unspecified atom stereocenters. The Balaban J connectivity index is 3.44. The average Bonchev–Trinajstić information content (AvgIpc) is 2.40. The Bertz CT molecular complexity index is 604. The summed E-state index contributed by atoms with van der Waals surface area (Å²) in [4.78, 5) is 23.2. The van der Waals surface area contributed by atoms with Crippen LogP contribution in [0.1, 0.15) is 19.4 Å². The fourth-order valence-electron chi connectivity index (χ4n) is 1.83. The molecule has 0 bridgehead atoms. The number of rotatable bonds is 5. The molecule has 2 N–H and O–H groups in total. The lowest BCUT2D eigenvalue weighted by molar-refractivity contribution is -0.207. The zero-order valence-electron chi connectivity index (χ0n) is 12.7. The number of esters is 1. The highest BCUT2D eigenvalue weighted by molar-refractivity contribution is 5.90. The van der Waals surface area contributed by atoms with Crippen molar-refractivity contribution in [2.75, 3.05) is 11.9 Å². The molecule has 1 amide bonds. The maximum absolute atomic E-state index is 13.6. The van der Waals surface area contributed by atoms with Gasteiger partial charge in [0.25, 0.3) is 0 Å². The van der Waals surface area contributed by atoms with E-state index in [2.05, 4.69) is 4.74 Å². The molecule has 0 radical (unpaired) electrons. The van der Waals surface area contributed by atoms with E-state index in [1.165, 1.54) is 19.9 Å². The second-order valence-corrected chi connectivity index (χ2v) is 4.73. The van der Waals surface area contributed by atoms with Crippen LogP contribution in [0.25, 0.3) is 0 Å². The number of amides is 1. The van der Waals surface area contributed by atoms with Crippen molar-refractivity contribution in [3.63, 3.8) is 0 Å². The summed E-state index contributed by atoms with van der Waals surface area (Å²) in [6, 6.07) is 3.08. The van der Waals surface area contributed by atoms with E-state index in [1.54, 1.807) is 5.32 Å². The number of carbonyl (C=O) groups excluding carboxylic acids is 2. The van der Waals surface area contributed by atoms with E-state index in [0.29, 0.717) is 0 Å². The van der Waals surface area contributed by atoms with Crippen LogP contribution in [0, 0.1) is 12.7 Å². The molecule has 5 nitrogen and oxygen atoms in total. The van der Waals surface area contributed by atoms with E-state index in [1.807, 2.05) is 5.32 Å². The van der Waals surface area contributed by atoms with E-state index in [0.717, 1.165) is 19.1 Å². The van der Waals surface area contributed by atoms with Crippen LogP contribution in [0.15, 0.2) is 18.2 Å². The molecular formula is C14H16F4N2O3. The lowest BCUT2D eigenvalue weighted by Crippen LogP contribution is -2.69. The number of anilines is 1. The molecule has 1 rings (SSSR count). The van der Waals surface area contributed by atoms with Crippen LogP contribution in [-0.2, 0) is 14.3 Å². The van der Waals surface area contributed by atoms with E-state index in [4.69, 9.17) is 0 Å². The van der Waals surface area contributed by atoms with Crippen molar-refractivity contribution >= 4 is 17.6 Å². The van der Waals surface area contributed by atoms with Gasteiger partial charge in [-0.05, 0) is 31.5 Å². The van der Waals surface area contributed by atoms with Crippen molar-refractivity contribution < 1.29 is 31.9 Å². The van der Waals surface area contributed by atoms with Crippen LogP contribution in [0.5, 0.6) is 0 Å². The highest BCUT2D eigenvalue weighted by Gasteiger charge is 2.63. The first-order chi connectivity index (χ1) is 10.5. The normalized spacial score (nSPS) is 13.9. The van der Waals surface area contributed by atoms with Gasteiger partial charge in [-0.3, -0.25) is 4.79 Å². The molecule has 0 aliphatic carbocycles. The Morgan fingerprint density at radius 2 is 1.87 bits per heavy atom. The second-order valence-electron chi connectivity index (χ2n) is 4.73. The number of hydrogen-bond donors (Lipinski definition) is 2. The van der Waals surface area contributed by atoms with Gasteiger partial charge >= 0.3 is 17.8 Å². The number of alkyl halides is 3. The largest absolute Gasteiger partial charge is 0.463 e. The number of ether oxygens (including phenoxy) is 1. The van der Waals surface area contributed by atoms with Gasteiger partial charge < -0.3 is 15.4 Å². The van der Waals surface area contributed by atoms with Crippen LogP contribution < -0.4 is 10.6 Å². The molecule has 0 saturated heterocycles. The molecule has 0 aliphatic heterocycles. The predicted molar refractivity (Wildman–Crippen MR) is 74.0 cm³/mol. The zero-order valence-corrected chi connectivity index (χ0v) is 12.7. The smallest absolute Gasteiger partial charge is 0.441 e. The predicted octanol–water partition coefficient (Wildman–Crippen LogP) is 2.50. The SMILES string of the molecule is CCOC(=O)[C@@](NC(C)=O)(Nc1cc(F)ccc1C)C(F)(F)F. The summed E-state index contributed by atoms with van der Waals surface area (Å²) in [5, 5.41) is 3.43. The van der Waals surface area contributed by atoms with E-state index < -0.39 is 29.5 Å². The first-order valence-corrected chi connectivity index (χ1v) is 6.60. The average molecular weight is 336 g/mol. The van der Waals surface area contributed by atoms with E-state index in [-0.39, 0.29) is 17.9 Å². The van der Waals surface area contributed by atoms with Crippen LogP contribution in [0.4, 0.5) is 23.2 Å². The van der Waals surface area contributed by atoms with Crippen LogP contribution in [-0.4, -0.2) is 30.3 Å². The molecule has 0 aromatic heterocycles. The zero-order chi connectivity index (χ0) is 17.8. The number of nitrogens with one attached hydrogen (secondary N) is 2. The van der Waals surface area contributed by atoms with Crippen LogP contribution in [0.3, 0.4) is 0 Å². The number of hydrogen-bond acceptors (Lipinski definition) is 4. The molecule has 23 heavy (non-hydrogen) atoms. The summed E-state index contributed by atoms with van der Waals surface area (Å²) in [6.45, 7) is 3.22. The van der Waals surface area contributed by atoms with Gasteiger partial charge in [0.1, 0.15) is 5.82 Å². The Kier molecular flexibility index (Phi) is 5.57. The van der Waals surface area contributed by atoms with Crippen LogP contribution in [0.2, 0.25) is 0 Å². The summed E-state index contributed by atoms with van der Waals surface area (Å²) in [5.41, 5.74) is -3.58. The topological polar surface area (TPSA) is 67.4 Å². The number of benzene rings is 1. The van der Waals surface area contributed by atoms with Gasteiger partial charge in [-0.15, -0.1) is 0 Å². The van der Waals surface area contributed by atoms with Crippen molar-refractivity contribution in [1.29, 1.82) is 0 Å². The number of carbonyl (C=O) groups is 2. The lowest BCUT2D eigenvalue weighted by atomic mass is 10.1. The maximum Gasteiger partial charge on any atom is 0.441 e. The molecular weight excluding hydrogens is 320 g/mol. The molecule has 1 aromatic carbocycles. The van der Waals surface area contributed by atoms with Crippen molar-refractivity contribution in [2.45, 2.75) is 32.6 Å². The van der Waals surface area contributed by atoms with Gasteiger partial charge in [0.05, 0.1) is 6.61 Å². The van der Waals surface area contributed by atoms with Crippen molar-refractivity contribution in [3.8, 4) is 0 Å². The molecule has 0 aliphatic rings. The summed E-state index contributed by atoms with van der Waals surface area (Å²) < 4.78 is 58.4. The molecule has 0 spiro atoms. The third-order valence-corrected chi connectivity index (χ3v) is 2.89. The first kappa shape index (κ1) is 18.7. The molecule has 128 valence electrons. The second kappa shape index (κ2) is 6.84. The minimum Gasteiger partial charge on any atom is -0.463 e. The standard InChI is InChI=1S/C14H16F4N2O3/c1-4-23-12(22)13(14(16,17)18,19-9(3)21)20-11-7-10(15)6-5-8(11)2/h5-7,20H,4H2,1-3H3,(H,19,21)/t13-/m1/s1. The summed E-state index contributed by atoms with van der Waals surface area (Å²) in [6.07, 6.45) is -5.23. The van der Waals surface area contributed by atoms with Gasteiger partial charge in [-0.2, -0.15) is 13.2 Å². The van der Waals surface area contributed by atoms with Crippen LogP contribution >= 0.6 is 0 Å². The number of halogens is 4. The Morgan fingerprint density at radius 1 is 1.26 bits per heavy atom. The third-order valence-electron chi connectivity index (χ3n) is 2.89. The quantitative estimate of drug-likeness (QED) is 0.493. The molecule has 1 aromatic rings. The minimum atomic E-state index is -5.23. The fourth-order valence-corrected chi connectivity index (χ4v) is 1.83. The summed E-state index contributed by atoms with van der Waals surface area (Å²) >= 11 is 0. The van der Waals surface area contributed by atoms with Crippen molar-refractivity contribution in [1.82, 2.24) is 5.32 Å². The molecule has 0 saturated carbocycles. The van der Waals surface area contributed by atoms with Crippen molar-refractivity contribution in [3.05, 3.63) is 29.6 Å². The van der Waals surface area contributed by atoms with E-state index in [9.17, 15) is 27.2 Å². The van der Waals surface area contributed by atoms with Crippen molar-refractivity contribution in [2.24, 2.45) is 0 Å². The maximum atomic E-state index is 13.6. The summed E-state index contributed by atoms with van der Waals surface area (Å²) in [5.74, 6) is -3.66. The summed E-state index contributed by atoms with van der Waals surface area (Å²) in [7, 11) is 0. The monoisotopic (exact) mass is 336 g/mol. The highest BCUT2D eigenvalue weighted by atomic mass is 19.4. The van der Waals surface area contributed by atoms with Gasteiger partial charge in [0.15, 0.2) is 0 Å². The molecule has 1 atom stereocenters. The number of aryl methyl sites for hydroxylation is 1. The van der Waals surface area contributed by atoms with E-state index >= 15 is 0 Å². The molecule has 0 fully saturated rings. The lowest BCUT2D eigenvalue weighted by Gasteiger charge is -2.35. The molecule has 0 heterocycles. The minimum absolute atomic E-state index is 0.245. The van der Waals surface area contributed by atoms with Gasteiger partial charge in [0.2, 0.25) is 5.91 Å². The Hall–Kier alpha value is -2.32. The van der Waals surface area contributed by atoms with Gasteiger partial charge in [-0.25, -0.2) is 9.18 Å².